The first-order chi connectivity index (χ1) is 7.66. The Balaban J connectivity index is 2.09. The van der Waals surface area contributed by atoms with Crippen molar-refractivity contribution < 1.29 is 9.90 Å². The maximum Gasteiger partial charge on any atom is 0.331 e. The summed E-state index contributed by atoms with van der Waals surface area (Å²) in [6.45, 7) is 2.08. The van der Waals surface area contributed by atoms with E-state index < -0.39 is 5.97 Å². The number of allylic oxidation sites excluding steroid dienone is 1. The lowest BCUT2D eigenvalue weighted by atomic mass is 9.84. The van der Waals surface area contributed by atoms with Gasteiger partial charge in [0.05, 0.1) is 0 Å². The molecule has 1 aliphatic carbocycles. The topological polar surface area (TPSA) is 37.3 Å². The van der Waals surface area contributed by atoms with Gasteiger partial charge in [-0.25, -0.2) is 4.79 Å². The summed E-state index contributed by atoms with van der Waals surface area (Å²) >= 11 is 0. The number of rotatable bonds is 2. The second kappa shape index (κ2) is 4.52. The van der Waals surface area contributed by atoms with E-state index in [0.29, 0.717) is 17.9 Å². The van der Waals surface area contributed by atoms with E-state index in [1.807, 2.05) is 6.08 Å². The van der Waals surface area contributed by atoms with Crippen LogP contribution in [0.1, 0.15) is 36.3 Å². The molecule has 2 rings (SSSR count). The van der Waals surface area contributed by atoms with E-state index >= 15 is 0 Å². The van der Waals surface area contributed by atoms with Gasteiger partial charge in [0.15, 0.2) is 0 Å². The van der Waals surface area contributed by atoms with Crippen LogP contribution in [0.4, 0.5) is 0 Å². The van der Waals surface area contributed by atoms with Gasteiger partial charge in [-0.2, -0.15) is 0 Å². The lowest BCUT2D eigenvalue weighted by molar-refractivity contribution is -0.132. The minimum absolute atomic E-state index is 0.490. The third-order valence-corrected chi connectivity index (χ3v) is 3.23. The van der Waals surface area contributed by atoms with Crippen LogP contribution < -0.4 is 0 Å². The molecule has 2 heteroatoms. The quantitative estimate of drug-likeness (QED) is 0.823. The molecule has 2 nitrogen and oxygen atoms in total. The normalized spacial score (nSPS) is 20.3. The second-order valence-electron chi connectivity index (χ2n) is 4.42. The Morgan fingerprint density at radius 3 is 2.50 bits per heavy atom. The van der Waals surface area contributed by atoms with Crippen LogP contribution in [0.3, 0.4) is 0 Å². The van der Waals surface area contributed by atoms with Crippen molar-refractivity contribution in [3.63, 3.8) is 0 Å². The van der Waals surface area contributed by atoms with E-state index in [1.54, 1.807) is 0 Å². The van der Waals surface area contributed by atoms with Crippen LogP contribution >= 0.6 is 0 Å². The molecular formula is C14H16O2. The Hall–Kier alpha value is -1.57. The lowest BCUT2D eigenvalue weighted by Gasteiger charge is -2.20. The molecule has 1 atom stereocenters. The van der Waals surface area contributed by atoms with Crippen molar-refractivity contribution in [3.8, 4) is 0 Å². The zero-order valence-electron chi connectivity index (χ0n) is 9.44. The molecule has 84 valence electrons. The monoisotopic (exact) mass is 216 g/mol. The number of hydrogen-bond donors (Lipinski definition) is 1. The van der Waals surface area contributed by atoms with Crippen molar-refractivity contribution in [1.29, 1.82) is 0 Å². The molecule has 0 saturated carbocycles. The van der Waals surface area contributed by atoms with E-state index in [-0.39, 0.29) is 0 Å². The third-order valence-electron chi connectivity index (χ3n) is 3.23. The van der Waals surface area contributed by atoms with Gasteiger partial charge in [0.2, 0.25) is 0 Å². The van der Waals surface area contributed by atoms with Crippen LogP contribution in [-0.4, -0.2) is 11.1 Å². The van der Waals surface area contributed by atoms with Crippen molar-refractivity contribution in [2.45, 2.75) is 32.1 Å². The van der Waals surface area contributed by atoms with Crippen LogP contribution in [0.25, 0.3) is 0 Å². The number of carbonyl (C=O) groups is 1. The summed E-state index contributed by atoms with van der Waals surface area (Å²) in [5, 5.41) is 8.86. The standard InChI is InChI=1S/C14H16O2/c1-10-2-4-11(5-3-10)12-6-8-13(9-7-12)14(15)16/h2-5,8,12H,6-7,9H2,1H3,(H,15,16). The van der Waals surface area contributed by atoms with Gasteiger partial charge in [0.25, 0.3) is 0 Å². The molecule has 0 aromatic heterocycles. The summed E-state index contributed by atoms with van der Waals surface area (Å²) < 4.78 is 0. The predicted octanol–water partition coefficient (Wildman–Crippen LogP) is 3.27. The van der Waals surface area contributed by atoms with Crippen molar-refractivity contribution in [2.75, 3.05) is 0 Å². The highest BCUT2D eigenvalue weighted by Gasteiger charge is 2.19. The molecule has 0 radical (unpaired) electrons. The fraction of sp³-hybridized carbons (Fsp3) is 0.357. The van der Waals surface area contributed by atoms with Crippen molar-refractivity contribution in [3.05, 3.63) is 47.0 Å². The van der Waals surface area contributed by atoms with Gasteiger partial charge in [-0.05, 0) is 37.7 Å². The Morgan fingerprint density at radius 2 is 2.00 bits per heavy atom. The van der Waals surface area contributed by atoms with Gasteiger partial charge >= 0.3 is 5.97 Å². The average molecular weight is 216 g/mol. The maximum atomic E-state index is 10.8. The summed E-state index contributed by atoms with van der Waals surface area (Å²) in [6.07, 6.45) is 4.36. The first-order valence-corrected chi connectivity index (χ1v) is 5.65. The Labute approximate surface area is 95.6 Å². The van der Waals surface area contributed by atoms with Gasteiger partial charge in [-0.15, -0.1) is 0 Å². The SMILES string of the molecule is Cc1ccc(C2CC=C(C(=O)O)CC2)cc1. The zero-order valence-corrected chi connectivity index (χ0v) is 9.44. The van der Waals surface area contributed by atoms with Crippen LogP contribution in [0.2, 0.25) is 0 Å². The van der Waals surface area contributed by atoms with Crippen molar-refractivity contribution >= 4 is 5.97 Å². The molecule has 0 spiro atoms. The van der Waals surface area contributed by atoms with Gasteiger partial charge in [0.1, 0.15) is 0 Å². The second-order valence-corrected chi connectivity index (χ2v) is 4.42. The minimum Gasteiger partial charge on any atom is -0.478 e. The number of aliphatic carboxylic acids is 1. The van der Waals surface area contributed by atoms with E-state index in [2.05, 4.69) is 31.2 Å². The summed E-state index contributed by atoms with van der Waals surface area (Å²) in [5.41, 5.74) is 3.16. The fourth-order valence-corrected chi connectivity index (χ4v) is 2.17. The Bertz CT molecular complexity index is 415. The van der Waals surface area contributed by atoms with Gasteiger partial charge < -0.3 is 5.11 Å². The van der Waals surface area contributed by atoms with E-state index in [9.17, 15) is 4.79 Å². The molecule has 0 heterocycles. The zero-order chi connectivity index (χ0) is 11.5. The molecule has 1 N–H and O–H groups in total. The first kappa shape index (κ1) is 10.9. The largest absolute Gasteiger partial charge is 0.478 e. The number of carboxylic acid groups (broad SMARTS) is 1. The van der Waals surface area contributed by atoms with Gasteiger partial charge in [0, 0.05) is 5.57 Å². The number of carboxylic acids is 1. The van der Waals surface area contributed by atoms with E-state index in [1.165, 1.54) is 11.1 Å². The average Bonchev–Trinajstić information content (AvgIpc) is 2.30. The lowest BCUT2D eigenvalue weighted by Crippen LogP contribution is -2.09. The molecule has 0 aliphatic heterocycles. The summed E-state index contributed by atoms with van der Waals surface area (Å²) in [4.78, 5) is 10.8. The van der Waals surface area contributed by atoms with Gasteiger partial charge in [-0.3, -0.25) is 0 Å². The molecule has 1 aliphatic rings. The highest BCUT2D eigenvalue weighted by molar-refractivity contribution is 5.86. The van der Waals surface area contributed by atoms with Gasteiger partial charge in [-0.1, -0.05) is 35.9 Å². The highest BCUT2D eigenvalue weighted by Crippen LogP contribution is 2.32. The smallest absolute Gasteiger partial charge is 0.331 e. The highest BCUT2D eigenvalue weighted by atomic mass is 16.4. The van der Waals surface area contributed by atoms with Crippen molar-refractivity contribution in [1.82, 2.24) is 0 Å². The molecule has 1 aromatic rings. The summed E-state index contributed by atoms with van der Waals surface area (Å²) in [7, 11) is 0. The Kier molecular flexibility index (Phi) is 3.09. The van der Waals surface area contributed by atoms with Crippen molar-refractivity contribution in [2.24, 2.45) is 0 Å². The molecule has 0 amide bonds. The maximum absolute atomic E-state index is 10.8. The minimum atomic E-state index is -0.762. The molecular weight excluding hydrogens is 200 g/mol. The molecule has 0 saturated heterocycles. The first-order valence-electron chi connectivity index (χ1n) is 5.65. The van der Waals surface area contributed by atoms with Crippen LogP contribution in [0, 0.1) is 6.92 Å². The van der Waals surface area contributed by atoms with Crippen LogP contribution in [0.5, 0.6) is 0 Å². The molecule has 1 unspecified atom stereocenters. The third kappa shape index (κ3) is 2.32. The molecule has 0 fully saturated rings. The van der Waals surface area contributed by atoms with Crippen LogP contribution in [0.15, 0.2) is 35.9 Å². The summed E-state index contributed by atoms with van der Waals surface area (Å²) in [5.74, 6) is -0.272. The summed E-state index contributed by atoms with van der Waals surface area (Å²) in [6, 6.07) is 8.54. The predicted molar refractivity (Wildman–Crippen MR) is 63.5 cm³/mol. The number of aryl methyl sites for hydroxylation is 1. The molecule has 0 bridgehead atoms. The molecule has 1 aromatic carbocycles. The van der Waals surface area contributed by atoms with E-state index in [0.717, 1.165) is 12.8 Å². The fourth-order valence-electron chi connectivity index (χ4n) is 2.17. The number of benzene rings is 1. The number of hydrogen-bond acceptors (Lipinski definition) is 1. The van der Waals surface area contributed by atoms with Crippen LogP contribution in [-0.2, 0) is 4.79 Å². The van der Waals surface area contributed by atoms with E-state index in [4.69, 9.17) is 5.11 Å². The molecule has 16 heavy (non-hydrogen) atoms. The Morgan fingerprint density at radius 1 is 1.31 bits per heavy atom.